The van der Waals surface area contributed by atoms with Crippen molar-refractivity contribution in [1.29, 1.82) is 0 Å². The van der Waals surface area contributed by atoms with Crippen LogP contribution in [-0.4, -0.2) is 22.6 Å². The van der Waals surface area contributed by atoms with E-state index in [0.717, 1.165) is 37.4 Å². The van der Waals surface area contributed by atoms with Crippen molar-refractivity contribution in [2.75, 3.05) is 17.2 Å². The van der Waals surface area contributed by atoms with E-state index >= 15 is 0 Å². The fraction of sp³-hybridized carbons (Fsp3) is 0.733. The fourth-order valence-corrected chi connectivity index (χ4v) is 2.34. The predicted octanol–water partition coefficient (Wildman–Crippen LogP) is 3.71. The van der Waals surface area contributed by atoms with E-state index in [1.165, 1.54) is 5.56 Å². The third-order valence-corrected chi connectivity index (χ3v) is 3.00. The second-order valence-corrected chi connectivity index (χ2v) is 5.50. The van der Waals surface area contributed by atoms with Gasteiger partial charge < -0.3 is 10.6 Å². The molecule has 0 fully saturated rings. The molecule has 1 unspecified atom stereocenters. The van der Waals surface area contributed by atoms with Crippen LogP contribution >= 0.6 is 0 Å². The van der Waals surface area contributed by atoms with Crippen LogP contribution in [0.3, 0.4) is 0 Å². The molecule has 0 spiro atoms. The van der Waals surface area contributed by atoms with Crippen LogP contribution in [0.15, 0.2) is 6.33 Å². The first-order chi connectivity index (χ1) is 9.08. The molecule has 1 atom stereocenters. The van der Waals surface area contributed by atoms with Gasteiger partial charge in [-0.1, -0.05) is 27.2 Å². The first-order valence-corrected chi connectivity index (χ1v) is 7.42. The summed E-state index contributed by atoms with van der Waals surface area (Å²) in [5, 5.41) is 6.86. The molecule has 1 aromatic heterocycles. The SMILES string of the molecule is CCCc1c(NCC)ncnc1NC(C)CC(C)C. The third-order valence-electron chi connectivity index (χ3n) is 3.00. The number of rotatable bonds is 8. The van der Waals surface area contributed by atoms with Gasteiger partial charge >= 0.3 is 0 Å². The summed E-state index contributed by atoms with van der Waals surface area (Å²) in [5.41, 5.74) is 1.21. The molecule has 4 nitrogen and oxygen atoms in total. The summed E-state index contributed by atoms with van der Waals surface area (Å²) in [5.74, 6) is 2.65. The number of aromatic nitrogens is 2. The number of nitrogens with zero attached hydrogens (tertiary/aromatic N) is 2. The highest BCUT2D eigenvalue weighted by Crippen LogP contribution is 2.23. The van der Waals surface area contributed by atoms with E-state index in [2.05, 4.69) is 55.2 Å². The van der Waals surface area contributed by atoms with Crippen molar-refractivity contribution >= 4 is 11.6 Å². The lowest BCUT2D eigenvalue weighted by Crippen LogP contribution is -2.20. The highest BCUT2D eigenvalue weighted by Gasteiger charge is 2.13. The van der Waals surface area contributed by atoms with Gasteiger partial charge in [0, 0.05) is 18.2 Å². The Balaban J connectivity index is 2.88. The maximum atomic E-state index is 4.43. The van der Waals surface area contributed by atoms with Crippen LogP contribution in [0, 0.1) is 5.92 Å². The van der Waals surface area contributed by atoms with Crippen LogP contribution in [-0.2, 0) is 6.42 Å². The van der Waals surface area contributed by atoms with Crippen LogP contribution in [0.25, 0.3) is 0 Å². The molecule has 2 N–H and O–H groups in total. The number of hydrogen-bond acceptors (Lipinski definition) is 4. The lowest BCUT2D eigenvalue weighted by molar-refractivity contribution is 0.538. The molecular formula is C15H28N4. The Morgan fingerprint density at radius 3 is 2.37 bits per heavy atom. The highest BCUT2D eigenvalue weighted by atomic mass is 15.1. The predicted molar refractivity (Wildman–Crippen MR) is 82.7 cm³/mol. The second kappa shape index (κ2) is 7.97. The summed E-state index contributed by atoms with van der Waals surface area (Å²) >= 11 is 0. The first kappa shape index (κ1) is 15.7. The molecule has 108 valence electrons. The summed E-state index contributed by atoms with van der Waals surface area (Å²) < 4.78 is 0. The van der Waals surface area contributed by atoms with E-state index in [1.807, 2.05) is 0 Å². The zero-order chi connectivity index (χ0) is 14.3. The van der Waals surface area contributed by atoms with Crippen molar-refractivity contribution in [3.63, 3.8) is 0 Å². The minimum Gasteiger partial charge on any atom is -0.370 e. The Kier molecular flexibility index (Phi) is 6.60. The van der Waals surface area contributed by atoms with E-state index in [9.17, 15) is 0 Å². The van der Waals surface area contributed by atoms with Crippen molar-refractivity contribution in [3.05, 3.63) is 11.9 Å². The Bertz CT molecular complexity index is 376. The monoisotopic (exact) mass is 264 g/mol. The van der Waals surface area contributed by atoms with E-state index in [0.29, 0.717) is 12.0 Å². The number of hydrogen-bond donors (Lipinski definition) is 2. The van der Waals surface area contributed by atoms with Crippen molar-refractivity contribution in [3.8, 4) is 0 Å². The smallest absolute Gasteiger partial charge is 0.134 e. The molecule has 0 aliphatic rings. The van der Waals surface area contributed by atoms with Gasteiger partial charge in [-0.05, 0) is 32.6 Å². The van der Waals surface area contributed by atoms with Gasteiger partial charge in [-0.2, -0.15) is 0 Å². The molecule has 0 amide bonds. The van der Waals surface area contributed by atoms with E-state index < -0.39 is 0 Å². The highest BCUT2D eigenvalue weighted by molar-refractivity contribution is 5.57. The fourth-order valence-electron chi connectivity index (χ4n) is 2.34. The normalized spacial score (nSPS) is 12.5. The zero-order valence-corrected chi connectivity index (χ0v) is 13.0. The summed E-state index contributed by atoms with van der Waals surface area (Å²) in [6, 6.07) is 0.431. The maximum Gasteiger partial charge on any atom is 0.134 e. The van der Waals surface area contributed by atoms with E-state index in [-0.39, 0.29) is 0 Å². The van der Waals surface area contributed by atoms with Crippen LogP contribution in [0.5, 0.6) is 0 Å². The molecule has 0 aliphatic carbocycles. The van der Waals surface area contributed by atoms with E-state index in [4.69, 9.17) is 0 Å². The molecule has 1 heterocycles. The Morgan fingerprint density at radius 1 is 1.11 bits per heavy atom. The zero-order valence-electron chi connectivity index (χ0n) is 13.0. The molecule has 4 heteroatoms. The van der Waals surface area contributed by atoms with Gasteiger partial charge in [0.2, 0.25) is 0 Å². The topological polar surface area (TPSA) is 49.8 Å². The third kappa shape index (κ3) is 5.05. The van der Waals surface area contributed by atoms with Gasteiger partial charge in [-0.25, -0.2) is 9.97 Å². The largest absolute Gasteiger partial charge is 0.370 e. The van der Waals surface area contributed by atoms with Gasteiger partial charge in [0.25, 0.3) is 0 Å². The van der Waals surface area contributed by atoms with Crippen LogP contribution in [0.4, 0.5) is 11.6 Å². The molecule has 0 bridgehead atoms. The molecule has 0 aromatic carbocycles. The van der Waals surface area contributed by atoms with Crippen LogP contribution < -0.4 is 10.6 Å². The summed E-state index contributed by atoms with van der Waals surface area (Å²) in [6.07, 6.45) is 4.88. The number of anilines is 2. The van der Waals surface area contributed by atoms with Gasteiger partial charge in [-0.3, -0.25) is 0 Å². The van der Waals surface area contributed by atoms with Crippen molar-refractivity contribution in [2.45, 2.75) is 59.9 Å². The minimum atomic E-state index is 0.431. The lowest BCUT2D eigenvalue weighted by atomic mass is 10.0. The lowest BCUT2D eigenvalue weighted by Gasteiger charge is -2.20. The second-order valence-electron chi connectivity index (χ2n) is 5.50. The van der Waals surface area contributed by atoms with Gasteiger partial charge in [0.05, 0.1) is 0 Å². The Morgan fingerprint density at radius 2 is 1.79 bits per heavy atom. The van der Waals surface area contributed by atoms with Crippen molar-refractivity contribution < 1.29 is 0 Å². The number of nitrogens with one attached hydrogen (secondary N) is 2. The molecule has 19 heavy (non-hydrogen) atoms. The Hall–Kier alpha value is -1.32. The molecule has 1 aromatic rings. The van der Waals surface area contributed by atoms with Crippen molar-refractivity contribution in [2.24, 2.45) is 5.92 Å². The van der Waals surface area contributed by atoms with Crippen molar-refractivity contribution in [1.82, 2.24) is 9.97 Å². The molecule has 0 radical (unpaired) electrons. The average molecular weight is 264 g/mol. The first-order valence-electron chi connectivity index (χ1n) is 7.42. The standard InChI is InChI=1S/C15H28N4/c1-6-8-13-14(16-7-2)17-10-18-15(13)19-12(5)9-11(3)4/h10-12H,6-9H2,1-5H3,(H2,16,17,18,19). The quantitative estimate of drug-likeness (QED) is 0.751. The molecule has 1 rings (SSSR count). The molecule has 0 aliphatic heterocycles. The molecule has 0 saturated heterocycles. The summed E-state index contributed by atoms with van der Waals surface area (Å²) in [6.45, 7) is 11.9. The molecule has 0 saturated carbocycles. The maximum absolute atomic E-state index is 4.43. The average Bonchev–Trinajstić information content (AvgIpc) is 2.32. The van der Waals surface area contributed by atoms with Crippen LogP contribution in [0.2, 0.25) is 0 Å². The molecular weight excluding hydrogens is 236 g/mol. The summed E-state index contributed by atoms with van der Waals surface area (Å²) in [4.78, 5) is 8.78. The summed E-state index contributed by atoms with van der Waals surface area (Å²) in [7, 11) is 0. The van der Waals surface area contributed by atoms with Crippen LogP contribution in [0.1, 0.15) is 53.0 Å². The van der Waals surface area contributed by atoms with E-state index in [1.54, 1.807) is 6.33 Å². The van der Waals surface area contributed by atoms with Gasteiger partial charge in [0.1, 0.15) is 18.0 Å². The van der Waals surface area contributed by atoms with Gasteiger partial charge in [-0.15, -0.1) is 0 Å². The van der Waals surface area contributed by atoms with Gasteiger partial charge in [0.15, 0.2) is 0 Å². The minimum absolute atomic E-state index is 0.431. The Labute approximate surface area is 117 Å².